The highest BCUT2D eigenvalue weighted by Gasteiger charge is 1.88. The van der Waals surface area contributed by atoms with Gasteiger partial charge in [-0.2, -0.15) is 0 Å². The average molecular weight is 193 g/mol. The van der Waals surface area contributed by atoms with Gasteiger partial charge in [-0.1, -0.05) is 33.8 Å². The second-order valence-corrected chi connectivity index (χ2v) is 2.39. The summed E-state index contributed by atoms with van der Waals surface area (Å²) in [5.74, 6) is 8.48. The molecule has 3 nitrogen and oxygen atoms in total. The molecule has 0 saturated heterocycles. The molecule has 13 heavy (non-hydrogen) atoms. The van der Waals surface area contributed by atoms with Gasteiger partial charge in [-0.25, -0.2) is 4.39 Å². The molecule has 1 unspecified atom stereocenters. The van der Waals surface area contributed by atoms with E-state index < -0.39 is 6.30 Å². The number of hydrazine groups is 1. The van der Waals surface area contributed by atoms with Gasteiger partial charge in [-0.15, -0.1) is 0 Å². The maximum absolute atomic E-state index is 12.0. The summed E-state index contributed by atoms with van der Waals surface area (Å²) < 4.78 is 12.0. The van der Waals surface area contributed by atoms with E-state index >= 15 is 0 Å². The molecule has 0 aromatic carbocycles. The van der Waals surface area contributed by atoms with Crippen LogP contribution in [0.15, 0.2) is 12.3 Å². The summed E-state index contributed by atoms with van der Waals surface area (Å²) in [6.45, 7) is 9.55. The zero-order chi connectivity index (χ0) is 11.3. The largest absolute Gasteiger partial charge is 0.363 e. The van der Waals surface area contributed by atoms with Crippen molar-refractivity contribution in [1.82, 2.24) is 5.32 Å². The highest BCUT2D eigenvalue weighted by atomic mass is 19.1. The van der Waals surface area contributed by atoms with Crippen LogP contribution in [0.2, 0.25) is 0 Å². The van der Waals surface area contributed by atoms with Gasteiger partial charge >= 0.3 is 0 Å². The Labute approximate surface area is 81.3 Å². The number of nitrogens with one attached hydrogen (secondary N) is 1. The van der Waals surface area contributed by atoms with Gasteiger partial charge in [0.2, 0.25) is 0 Å². The van der Waals surface area contributed by atoms with Crippen molar-refractivity contribution in [2.24, 2.45) is 17.6 Å². The molecule has 0 saturated carbocycles. The molecular weight excluding hydrogens is 169 g/mol. The van der Waals surface area contributed by atoms with Gasteiger partial charge in [-0.3, -0.25) is 11.7 Å². The Balaban J connectivity index is -0.000000218. The van der Waals surface area contributed by atoms with Crippen molar-refractivity contribution in [3.8, 4) is 0 Å². The molecule has 0 spiro atoms. The van der Waals surface area contributed by atoms with Crippen LogP contribution in [0.3, 0.4) is 0 Å². The Morgan fingerprint density at radius 2 is 1.54 bits per heavy atom. The third-order valence-electron chi connectivity index (χ3n) is 0.807. The van der Waals surface area contributed by atoms with Crippen LogP contribution >= 0.6 is 0 Å². The van der Waals surface area contributed by atoms with E-state index in [9.17, 15) is 4.39 Å². The first-order valence-electron chi connectivity index (χ1n) is 4.53. The van der Waals surface area contributed by atoms with Crippen molar-refractivity contribution in [2.75, 3.05) is 0 Å². The van der Waals surface area contributed by atoms with Crippen molar-refractivity contribution >= 4 is 0 Å². The number of allylic oxidation sites excluding steroid dienone is 1. The first kappa shape index (κ1) is 18.2. The summed E-state index contributed by atoms with van der Waals surface area (Å²) in [6, 6.07) is 0. The van der Waals surface area contributed by atoms with Crippen LogP contribution in [0.4, 0.5) is 4.39 Å². The molecule has 0 aromatic heterocycles. The van der Waals surface area contributed by atoms with E-state index in [2.05, 4.69) is 17.0 Å². The molecule has 5 N–H and O–H groups in total. The molecular formula is C9H24FN3. The zero-order valence-corrected chi connectivity index (χ0v) is 9.34. The van der Waals surface area contributed by atoms with Gasteiger partial charge in [0.25, 0.3) is 0 Å². The Kier molecular flexibility index (Phi) is 24.5. The number of rotatable bonds is 3. The molecule has 82 valence electrons. The molecule has 0 fully saturated rings. The van der Waals surface area contributed by atoms with Gasteiger partial charge in [-0.05, 0) is 19.0 Å². The van der Waals surface area contributed by atoms with Crippen LogP contribution in [0.5, 0.6) is 0 Å². The maximum Gasteiger partial charge on any atom is 0.166 e. The third kappa shape index (κ3) is 34.6. The second kappa shape index (κ2) is 17.5. The van der Waals surface area contributed by atoms with Gasteiger partial charge in [0.15, 0.2) is 6.30 Å². The van der Waals surface area contributed by atoms with Crippen LogP contribution in [-0.2, 0) is 0 Å². The van der Waals surface area contributed by atoms with Gasteiger partial charge < -0.3 is 5.32 Å². The fourth-order valence-corrected chi connectivity index (χ4v) is 0.381. The summed E-state index contributed by atoms with van der Waals surface area (Å²) in [4.78, 5) is 0. The first-order chi connectivity index (χ1) is 6.13. The van der Waals surface area contributed by atoms with Crippen LogP contribution in [0, 0.1) is 5.92 Å². The van der Waals surface area contributed by atoms with E-state index in [1.807, 2.05) is 33.8 Å². The van der Waals surface area contributed by atoms with E-state index in [-0.39, 0.29) is 0 Å². The molecule has 0 aliphatic heterocycles. The normalized spacial score (nSPS) is 11.2. The number of hydrogen-bond acceptors (Lipinski definition) is 3. The van der Waals surface area contributed by atoms with Crippen molar-refractivity contribution in [1.29, 1.82) is 0 Å². The molecule has 0 aromatic rings. The third-order valence-corrected chi connectivity index (χ3v) is 0.807. The Hall–Kier alpha value is -0.610. The minimum Gasteiger partial charge on any atom is -0.363 e. The fraction of sp³-hybridized carbons (Fsp3) is 0.778. The molecule has 0 rings (SSSR count). The monoisotopic (exact) mass is 193 g/mol. The highest BCUT2D eigenvalue weighted by Crippen LogP contribution is 1.91. The second-order valence-electron chi connectivity index (χ2n) is 2.39. The van der Waals surface area contributed by atoms with Crippen molar-refractivity contribution in [3.05, 3.63) is 12.3 Å². The zero-order valence-electron chi connectivity index (χ0n) is 9.34. The summed E-state index contributed by atoms with van der Waals surface area (Å²) in [7, 11) is 0. The number of hydrogen-bond donors (Lipinski definition) is 3. The first-order valence-corrected chi connectivity index (χ1v) is 4.53. The van der Waals surface area contributed by atoms with E-state index in [0.717, 1.165) is 0 Å². The van der Waals surface area contributed by atoms with Crippen molar-refractivity contribution in [2.45, 2.75) is 40.9 Å². The summed E-state index contributed by atoms with van der Waals surface area (Å²) in [6.07, 6.45) is 2.62. The molecule has 0 aliphatic carbocycles. The van der Waals surface area contributed by atoms with E-state index in [0.29, 0.717) is 5.92 Å². The maximum atomic E-state index is 12.0. The lowest BCUT2D eigenvalue weighted by Crippen LogP contribution is -2.13. The molecule has 0 amide bonds. The summed E-state index contributed by atoms with van der Waals surface area (Å²) >= 11 is 0. The van der Waals surface area contributed by atoms with Crippen molar-refractivity contribution in [3.63, 3.8) is 0 Å². The SMILES string of the molecule is CC.CC(C)/C=C\NC(C)F.NN. The van der Waals surface area contributed by atoms with Crippen molar-refractivity contribution < 1.29 is 4.39 Å². The van der Waals surface area contributed by atoms with E-state index in [1.165, 1.54) is 6.92 Å². The minimum atomic E-state index is -0.944. The Bertz CT molecular complexity index is 92.9. The number of alkyl halides is 1. The fourth-order valence-electron chi connectivity index (χ4n) is 0.381. The van der Waals surface area contributed by atoms with Crippen LogP contribution in [-0.4, -0.2) is 6.30 Å². The van der Waals surface area contributed by atoms with Gasteiger partial charge in [0.05, 0.1) is 0 Å². The lowest BCUT2D eigenvalue weighted by atomic mass is 10.2. The molecule has 0 aliphatic rings. The minimum absolute atomic E-state index is 0.483. The Morgan fingerprint density at radius 3 is 1.77 bits per heavy atom. The highest BCUT2D eigenvalue weighted by molar-refractivity contribution is 4.82. The van der Waals surface area contributed by atoms with Gasteiger partial charge in [0.1, 0.15) is 0 Å². The molecule has 4 heteroatoms. The van der Waals surface area contributed by atoms with Crippen LogP contribution < -0.4 is 17.0 Å². The number of nitrogens with two attached hydrogens (primary N) is 2. The topological polar surface area (TPSA) is 64.1 Å². The van der Waals surface area contributed by atoms with Crippen LogP contribution in [0.25, 0.3) is 0 Å². The molecule has 0 bridgehead atoms. The standard InChI is InChI=1S/C7H14FN.C2H6.H4N2/c1-6(2)4-5-9-7(3)8;2*1-2/h4-7,9H,1-3H3;1-2H3;1-2H2/b5-4-;;. The summed E-state index contributed by atoms with van der Waals surface area (Å²) in [5, 5.41) is 2.53. The molecule has 0 radical (unpaired) electrons. The predicted octanol–water partition coefficient (Wildman–Crippen LogP) is 1.91. The van der Waals surface area contributed by atoms with E-state index in [4.69, 9.17) is 0 Å². The quantitative estimate of drug-likeness (QED) is 0.364. The van der Waals surface area contributed by atoms with Crippen LogP contribution in [0.1, 0.15) is 34.6 Å². The number of halogens is 1. The predicted molar refractivity (Wildman–Crippen MR) is 57.4 cm³/mol. The lowest BCUT2D eigenvalue weighted by molar-refractivity contribution is 0.328. The average Bonchev–Trinajstić information content (AvgIpc) is 2.10. The smallest absolute Gasteiger partial charge is 0.166 e. The Morgan fingerprint density at radius 1 is 1.15 bits per heavy atom. The van der Waals surface area contributed by atoms with Gasteiger partial charge in [0, 0.05) is 0 Å². The lowest BCUT2D eigenvalue weighted by Gasteiger charge is -1.99. The molecule has 0 heterocycles. The van der Waals surface area contributed by atoms with E-state index in [1.54, 1.807) is 6.20 Å². The molecule has 1 atom stereocenters. The summed E-state index contributed by atoms with van der Waals surface area (Å²) in [5.41, 5.74) is 0.